The quantitative estimate of drug-likeness (QED) is 0.613. The summed E-state index contributed by atoms with van der Waals surface area (Å²) in [6, 6.07) is 3.88. The van der Waals surface area contributed by atoms with Crippen LogP contribution in [0, 0.1) is 0 Å². The van der Waals surface area contributed by atoms with E-state index in [1.807, 2.05) is 19.1 Å². The van der Waals surface area contributed by atoms with Gasteiger partial charge in [0.05, 0.1) is 19.4 Å². The summed E-state index contributed by atoms with van der Waals surface area (Å²) in [4.78, 5) is 11.1. The third-order valence-corrected chi connectivity index (χ3v) is 2.31. The van der Waals surface area contributed by atoms with Gasteiger partial charge >= 0.3 is 5.97 Å². The highest BCUT2D eigenvalue weighted by molar-refractivity contribution is 5.87. The summed E-state index contributed by atoms with van der Waals surface area (Å²) in [6.45, 7) is 4.33. The minimum Gasteiger partial charge on any atom is -0.468 e. The van der Waals surface area contributed by atoms with E-state index in [-0.39, 0.29) is 12.0 Å². The van der Waals surface area contributed by atoms with Crippen molar-refractivity contribution in [2.75, 3.05) is 13.7 Å². The Balaban J connectivity index is 2.38. The highest BCUT2D eigenvalue weighted by Gasteiger charge is 2.06. The Morgan fingerprint density at radius 1 is 1.69 bits per heavy atom. The monoisotopic (exact) mass is 223 g/mol. The summed E-state index contributed by atoms with van der Waals surface area (Å²) in [5, 5.41) is 3.22. The summed E-state index contributed by atoms with van der Waals surface area (Å²) in [5.74, 6) is 0.580. The number of furan rings is 1. The van der Waals surface area contributed by atoms with Gasteiger partial charge in [0.2, 0.25) is 0 Å². The zero-order chi connectivity index (χ0) is 12.0. The first kappa shape index (κ1) is 12.5. The van der Waals surface area contributed by atoms with Crippen molar-refractivity contribution in [1.29, 1.82) is 0 Å². The average Bonchev–Trinajstić information content (AvgIpc) is 2.81. The van der Waals surface area contributed by atoms with Crippen LogP contribution in [0.4, 0.5) is 0 Å². The first-order valence-corrected chi connectivity index (χ1v) is 5.17. The number of hydrogen-bond donors (Lipinski definition) is 1. The third kappa shape index (κ3) is 3.55. The van der Waals surface area contributed by atoms with E-state index in [1.165, 1.54) is 7.11 Å². The lowest BCUT2D eigenvalue weighted by Crippen LogP contribution is -2.18. The van der Waals surface area contributed by atoms with Crippen LogP contribution < -0.4 is 5.32 Å². The fourth-order valence-electron chi connectivity index (χ4n) is 1.27. The zero-order valence-electron chi connectivity index (χ0n) is 9.82. The van der Waals surface area contributed by atoms with Gasteiger partial charge in [-0.25, -0.2) is 4.79 Å². The Labute approximate surface area is 95.3 Å². The van der Waals surface area contributed by atoms with E-state index in [2.05, 4.69) is 10.1 Å². The van der Waals surface area contributed by atoms with Gasteiger partial charge in [0, 0.05) is 12.1 Å². The maximum Gasteiger partial charge on any atom is 0.333 e. The standard InChI is InChI=1S/C12H17NO3/c1-9(12(14)15-3)6-7-13-10(2)11-5-4-8-16-11/h4-6,8,10,13H,7H2,1-3H3/b9-6+/t10-/m0/s1. The number of ether oxygens (including phenoxy) is 1. The molecule has 1 atom stereocenters. The second-order valence-corrected chi connectivity index (χ2v) is 3.52. The van der Waals surface area contributed by atoms with Gasteiger partial charge in [0.25, 0.3) is 0 Å². The molecule has 0 aromatic carbocycles. The smallest absolute Gasteiger partial charge is 0.333 e. The van der Waals surface area contributed by atoms with Gasteiger partial charge in [0.15, 0.2) is 0 Å². The van der Waals surface area contributed by atoms with Crippen LogP contribution >= 0.6 is 0 Å². The Kier molecular flexibility index (Phi) is 4.79. The van der Waals surface area contributed by atoms with Crippen molar-refractivity contribution >= 4 is 5.97 Å². The molecule has 0 bridgehead atoms. The second-order valence-electron chi connectivity index (χ2n) is 3.52. The number of methoxy groups -OCH3 is 1. The Morgan fingerprint density at radius 2 is 2.44 bits per heavy atom. The van der Waals surface area contributed by atoms with Crippen LogP contribution in [0.15, 0.2) is 34.5 Å². The lowest BCUT2D eigenvalue weighted by Gasteiger charge is -2.09. The summed E-state index contributed by atoms with van der Waals surface area (Å²) in [5.41, 5.74) is 0.599. The van der Waals surface area contributed by atoms with E-state index < -0.39 is 0 Å². The molecule has 0 fully saturated rings. The molecule has 1 aromatic rings. The van der Waals surface area contributed by atoms with Crippen molar-refractivity contribution in [3.05, 3.63) is 35.8 Å². The molecule has 88 valence electrons. The predicted octanol–water partition coefficient (Wildman–Crippen LogP) is 2.05. The van der Waals surface area contributed by atoms with Crippen LogP contribution in [0.3, 0.4) is 0 Å². The molecular formula is C12H17NO3. The summed E-state index contributed by atoms with van der Waals surface area (Å²) < 4.78 is 9.83. The Morgan fingerprint density at radius 3 is 3.00 bits per heavy atom. The van der Waals surface area contributed by atoms with Crippen molar-refractivity contribution in [2.24, 2.45) is 0 Å². The highest BCUT2D eigenvalue weighted by atomic mass is 16.5. The minimum atomic E-state index is -0.299. The molecule has 4 nitrogen and oxygen atoms in total. The van der Waals surface area contributed by atoms with Gasteiger partial charge in [-0.05, 0) is 26.0 Å². The molecule has 16 heavy (non-hydrogen) atoms. The Hall–Kier alpha value is -1.55. The van der Waals surface area contributed by atoms with Gasteiger partial charge in [-0.1, -0.05) is 6.08 Å². The normalized spacial score (nSPS) is 13.6. The molecule has 1 rings (SSSR count). The number of rotatable bonds is 5. The highest BCUT2D eigenvalue weighted by Crippen LogP contribution is 2.11. The van der Waals surface area contributed by atoms with Crippen molar-refractivity contribution in [1.82, 2.24) is 5.32 Å². The van der Waals surface area contributed by atoms with Crippen LogP contribution in [0.1, 0.15) is 25.6 Å². The number of nitrogens with one attached hydrogen (secondary N) is 1. The summed E-state index contributed by atoms with van der Waals surface area (Å²) in [6.07, 6.45) is 3.44. The number of esters is 1. The molecule has 1 heterocycles. The van der Waals surface area contributed by atoms with Gasteiger partial charge in [0.1, 0.15) is 5.76 Å². The first-order chi connectivity index (χ1) is 7.65. The maximum absolute atomic E-state index is 11.1. The van der Waals surface area contributed by atoms with Gasteiger partial charge in [-0.15, -0.1) is 0 Å². The maximum atomic E-state index is 11.1. The summed E-state index contributed by atoms with van der Waals surface area (Å²) >= 11 is 0. The molecule has 0 amide bonds. The average molecular weight is 223 g/mol. The van der Waals surface area contributed by atoms with Crippen LogP contribution in [-0.4, -0.2) is 19.6 Å². The predicted molar refractivity (Wildman–Crippen MR) is 60.9 cm³/mol. The van der Waals surface area contributed by atoms with E-state index in [9.17, 15) is 4.79 Å². The van der Waals surface area contributed by atoms with Crippen molar-refractivity contribution < 1.29 is 13.9 Å². The van der Waals surface area contributed by atoms with Crippen LogP contribution in [0.25, 0.3) is 0 Å². The SMILES string of the molecule is COC(=O)/C(C)=C/CN[C@@H](C)c1ccco1. The molecule has 0 radical (unpaired) electrons. The first-order valence-electron chi connectivity index (χ1n) is 5.17. The molecule has 1 N–H and O–H groups in total. The molecule has 1 aromatic heterocycles. The number of carbonyl (C=O) groups excluding carboxylic acids is 1. The van der Waals surface area contributed by atoms with E-state index >= 15 is 0 Å². The van der Waals surface area contributed by atoms with Gasteiger partial charge in [-0.3, -0.25) is 0 Å². The van der Waals surface area contributed by atoms with Crippen molar-refractivity contribution in [3.63, 3.8) is 0 Å². The molecule has 0 aliphatic carbocycles. The number of hydrogen-bond acceptors (Lipinski definition) is 4. The van der Waals surface area contributed by atoms with Crippen LogP contribution in [0.5, 0.6) is 0 Å². The van der Waals surface area contributed by atoms with E-state index in [4.69, 9.17) is 4.42 Å². The number of carbonyl (C=O) groups is 1. The molecule has 0 unspecified atom stereocenters. The van der Waals surface area contributed by atoms with E-state index in [0.29, 0.717) is 12.1 Å². The molecule has 4 heteroatoms. The van der Waals surface area contributed by atoms with Gasteiger partial charge in [-0.2, -0.15) is 0 Å². The van der Waals surface area contributed by atoms with Crippen molar-refractivity contribution in [3.8, 4) is 0 Å². The Bertz CT molecular complexity index is 354. The van der Waals surface area contributed by atoms with Crippen LogP contribution in [0.2, 0.25) is 0 Å². The fourth-order valence-corrected chi connectivity index (χ4v) is 1.27. The third-order valence-electron chi connectivity index (χ3n) is 2.31. The fraction of sp³-hybridized carbons (Fsp3) is 0.417. The topological polar surface area (TPSA) is 51.5 Å². The molecule has 0 saturated heterocycles. The molecule has 0 saturated carbocycles. The molecular weight excluding hydrogens is 206 g/mol. The lowest BCUT2D eigenvalue weighted by molar-refractivity contribution is -0.136. The molecule has 0 aliphatic heterocycles. The molecule has 0 aliphatic rings. The zero-order valence-corrected chi connectivity index (χ0v) is 9.82. The van der Waals surface area contributed by atoms with E-state index in [1.54, 1.807) is 19.3 Å². The molecule has 0 spiro atoms. The van der Waals surface area contributed by atoms with Crippen molar-refractivity contribution in [2.45, 2.75) is 19.9 Å². The summed E-state index contributed by atoms with van der Waals surface area (Å²) in [7, 11) is 1.37. The minimum absolute atomic E-state index is 0.122. The van der Waals surface area contributed by atoms with Gasteiger partial charge < -0.3 is 14.5 Å². The van der Waals surface area contributed by atoms with E-state index in [0.717, 1.165) is 5.76 Å². The largest absolute Gasteiger partial charge is 0.468 e. The second kappa shape index (κ2) is 6.12. The van der Waals surface area contributed by atoms with Crippen LogP contribution in [-0.2, 0) is 9.53 Å². The lowest BCUT2D eigenvalue weighted by atomic mass is 10.2.